The van der Waals surface area contributed by atoms with Crippen LogP contribution in [0.25, 0.3) is 10.9 Å². The van der Waals surface area contributed by atoms with Crippen molar-refractivity contribution in [2.24, 2.45) is 0 Å². The Labute approximate surface area is 94.5 Å². The Morgan fingerprint density at radius 3 is 3.06 bits per heavy atom. The summed E-state index contributed by atoms with van der Waals surface area (Å²) in [6.45, 7) is 1.67. The molecule has 4 heteroatoms. The van der Waals surface area contributed by atoms with Gasteiger partial charge in [-0.05, 0) is 18.1 Å². The zero-order valence-electron chi connectivity index (χ0n) is 9.39. The van der Waals surface area contributed by atoms with Crippen LogP contribution in [0.3, 0.4) is 0 Å². The molecule has 0 unspecified atom stereocenters. The summed E-state index contributed by atoms with van der Waals surface area (Å²) in [6, 6.07) is 5.83. The smallest absolute Gasteiger partial charge is 0.0926 e. The van der Waals surface area contributed by atoms with Crippen LogP contribution in [0, 0.1) is 0 Å². The van der Waals surface area contributed by atoms with Gasteiger partial charge in [-0.3, -0.25) is 4.68 Å². The number of aromatic nitrogens is 2. The molecule has 0 aliphatic heterocycles. The van der Waals surface area contributed by atoms with Crippen molar-refractivity contribution in [2.75, 3.05) is 13.7 Å². The van der Waals surface area contributed by atoms with Crippen LogP contribution in [-0.4, -0.2) is 28.6 Å². The number of benzene rings is 1. The van der Waals surface area contributed by atoms with E-state index in [-0.39, 0.29) is 6.61 Å². The summed E-state index contributed by atoms with van der Waals surface area (Å²) >= 11 is 0. The highest BCUT2D eigenvalue weighted by molar-refractivity contribution is 5.78. The van der Waals surface area contributed by atoms with Crippen LogP contribution in [0.15, 0.2) is 24.4 Å². The minimum atomic E-state index is 0.0620. The van der Waals surface area contributed by atoms with E-state index in [1.807, 2.05) is 29.1 Å². The number of aliphatic hydroxyl groups is 1. The van der Waals surface area contributed by atoms with Gasteiger partial charge in [-0.25, -0.2) is 0 Å². The molecule has 1 aromatic heterocycles. The average molecular weight is 220 g/mol. The largest absolute Gasteiger partial charge is 0.392 e. The predicted molar refractivity (Wildman–Crippen MR) is 62.1 cm³/mol. The third kappa shape index (κ3) is 2.40. The van der Waals surface area contributed by atoms with E-state index in [4.69, 9.17) is 9.84 Å². The minimum Gasteiger partial charge on any atom is -0.392 e. The van der Waals surface area contributed by atoms with Gasteiger partial charge in [0.2, 0.25) is 0 Å². The summed E-state index contributed by atoms with van der Waals surface area (Å²) < 4.78 is 6.92. The lowest BCUT2D eigenvalue weighted by atomic mass is 10.2. The number of hydrogen-bond acceptors (Lipinski definition) is 3. The molecule has 0 atom stereocenters. The first-order valence-corrected chi connectivity index (χ1v) is 5.39. The van der Waals surface area contributed by atoms with E-state index in [0.29, 0.717) is 0 Å². The van der Waals surface area contributed by atoms with Gasteiger partial charge in [0.25, 0.3) is 0 Å². The van der Waals surface area contributed by atoms with Gasteiger partial charge in [-0.2, -0.15) is 5.10 Å². The number of rotatable bonds is 5. The fourth-order valence-corrected chi connectivity index (χ4v) is 1.70. The van der Waals surface area contributed by atoms with Gasteiger partial charge < -0.3 is 9.84 Å². The van der Waals surface area contributed by atoms with E-state index < -0.39 is 0 Å². The molecule has 2 rings (SSSR count). The molecule has 1 aromatic carbocycles. The Morgan fingerprint density at radius 2 is 2.31 bits per heavy atom. The molecule has 0 amide bonds. The lowest BCUT2D eigenvalue weighted by Gasteiger charge is -1.99. The van der Waals surface area contributed by atoms with Crippen molar-refractivity contribution < 1.29 is 9.84 Å². The molecule has 0 spiro atoms. The van der Waals surface area contributed by atoms with Gasteiger partial charge in [0.05, 0.1) is 12.1 Å². The molecule has 0 bridgehead atoms. The van der Waals surface area contributed by atoms with Crippen LogP contribution in [0.2, 0.25) is 0 Å². The van der Waals surface area contributed by atoms with Gasteiger partial charge in [0, 0.05) is 31.8 Å². The molecule has 86 valence electrons. The zero-order chi connectivity index (χ0) is 11.4. The summed E-state index contributed by atoms with van der Waals surface area (Å²) in [5.74, 6) is 0. The fraction of sp³-hybridized carbons (Fsp3) is 0.417. The Balaban J connectivity index is 2.16. The summed E-state index contributed by atoms with van der Waals surface area (Å²) in [4.78, 5) is 0. The molecule has 0 saturated carbocycles. The average Bonchev–Trinajstić information content (AvgIpc) is 2.70. The highest BCUT2D eigenvalue weighted by atomic mass is 16.5. The van der Waals surface area contributed by atoms with Crippen molar-refractivity contribution in [1.82, 2.24) is 9.78 Å². The van der Waals surface area contributed by atoms with Gasteiger partial charge in [0.1, 0.15) is 0 Å². The quantitative estimate of drug-likeness (QED) is 0.778. The normalized spacial score (nSPS) is 11.1. The standard InChI is InChI=1S/C12H16N2O2/c1-16-6-2-5-14-8-11-4-3-10(9-15)7-12(11)13-14/h3-4,7-8,15H,2,5-6,9H2,1H3. The van der Waals surface area contributed by atoms with Gasteiger partial charge in [-0.1, -0.05) is 12.1 Å². The Hall–Kier alpha value is -1.39. The summed E-state index contributed by atoms with van der Waals surface area (Å²) in [5, 5.41) is 14.6. The van der Waals surface area contributed by atoms with Crippen LogP contribution < -0.4 is 0 Å². The van der Waals surface area contributed by atoms with Gasteiger partial charge in [0.15, 0.2) is 0 Å². The van der Waals surface area contributed by atoms with Crippen molar-refractivity contribution in [3.05, 3.63) is 30.0 Å². The Bertz CT molecular complexity index is 465. The van der Waals surface area contributed by atoms with Crippen LogP contribution in [0.5, 0.6) is 0 Å². The van der Waals surface area contributed by atoms with Crippen molar-refractivity contribution >= 4 is 10.9 Å². The maximum Gasteiger partial charge on any atom is 0.0926 e. The fourth-order valence-electron chi connectivity index (χ4n) is 1.70. The van der Waals surface area contributed by atoms with Crippen molar-refractivity contribution in [2.45, 2.75) is 19.6 Å². The second-order valence-corrected chi connectivity index (χ2v) is 3.79. The molecule has 0 aliphatic carbocycles. The number of aryl methyl sites for hydroxylation is 1. The molecule has 1 heterocycles. The second kappa shape index (κ2) is 5.09. The molecule has 16 heavy (non-hydrogen) atoms. The van der Waals surface area contributed by atoms with E-state index in [1.165, 1.54) is 0 Å². The number of aliphatic hydroxyl groups excluding tert-OH is 1. The molecule has 0 fully saturated rings. The minimum absolute atomic E-state index is 0.0620. The van der Waals surface area contributed by atoms with Crippen LogP contribution >= 0.6 is 0 Å². The van der Waals surface area contributed by atoms with E-state index in [2.05, 4.69) is 5.10 Å². The number of ether oxygens (including phenoxy) is 1. The molecule has 0 radical (unpaired) electrons. The zero-order valence-corrected chi connectivity index (χ0v) is 9.39. The number of methoxy groups -OCH3 is 1. The summed E-state index contributed by atoms with van der Waals surface area (Å²) in [7, 11) is 1.70. The predicted octanol–water partition coefficient (Wildman–Crippen LogP) is 1.57. The van der Waals surface area contributed by atoms with Crippen molar-refractivity contribution in [1.29, 1.82) is 0 Å². The summed E-state index contributed by atoms with van der Waals surface area (Å²) in [6.07, 6.45) is 2.98. The highest BCUT2D eigenvalue weighted by Gasteiger charge is 2.01. The number of fused-ring (bicyclic) bond motifs is 1. The molecule has 2 aromatic rings. The molecular weight excluding hydrogens is 204 g/mol. The van der Waals surface area contributed by atoms with Crippen LogP contribution in [0.1, 0.15) is 12.0 Å². The van der Waals surface area contributed by atoms with Gasteiger partial charge in [-0.15, -0.1) is 0 Å². The monoisotopic (exact) mass is 220 g/mol. The summed E-state index contributed by atoms with van der Waals surface area (Å²) in [5.41, 5.74) is 1.83. The molecule has 0 saturated heterocycles. The Kier molecular flexibility index (Phi) is 3.54. The third-order valence-electron chi connectivity index (χ3n) is 2.54. The molecule has 0 aliphatic rings. The lowest BCUT2D eigenvalue weighted by molar-refractivity contribution is 0.189. The van der Waals surface area contributed by atoms with Crippen LogP contribution in [0.4, 0.5) is 0 Å². The lowest BCUT2D eigenvalue weighted by Crippen LogP contribution is -2.01. The van der Waals surface area contributed by atoms with Crippen molar-refractivity contribution in [3.63, 3.8) is 0 Å². The first kappa shape index (κ1) is 11.1. The second-order valence-electron chi connectivity index (χ2n) is 3.79. The molecule has 4 nitrogen and oxygen atoms in total. The maximum atomic E-state index is 9.03. The highest BCUT2D eigenvalue weighted by Crippen LogP contribution is 2.14. The maximum absolute atomic E-state index is 9.03. The number of nitrogens with zero attached hydrogens (tertiary/aromatic N) is 2. The Morgan fingerprint density at radius 1 is 1.44 bits per heavy atom. The first-order valence-electron chi connectivity index (χ1n) is 5.39. The van der Waals surface area contributed by atoms with E-state index in [9.17, 15) is 0 Å². The SMILES string of the molecule is COCCCn1cc2ccc(CO)cc2n1. The van der Waals surface area contributed by atoms with E-state index in [1.54, 1.807) is 7.11 Å². The molecular formula is C12H16N2O2. The molecule has 1 N–H and O–H groups in total. The van der Waals surface area contributed by atoms with Gasteiger partial charge >= 0.3 is 0 Å². The number of hydrogen-bond donors (Lipinski definition) is 1. The van der Waals surface area contributed by atoms with E-state index >= 15 is 0 Å². The first-order chi connectivity index (χ1) is 7.83. The third-order valence-corrected chi connectivity index (χ3v) is 2.54. The van der Waals surface area contributed by atoms with Crippen LogP contribution in [-0.2, 0) is 17.9 Å². The van der Waals surface area contributed by atoms with E-state index in [0.717, 1.165) is 36.0 Å². The van der Waals surface area contributed by atoms with Crippen molar-refractivity contribution in [3.8, 4) is 0 Å². The topological polar surface area (TPSA) is 47.3 Å².